The van der Waals surface area contributed by atoms with Gasteiger partial charge in [0.25, 0.3) is 5.91 Å². The fraction of sp³-hybridized carbons (Fsp3) is 0.250. The number of hydrogen-bond acceptors (Lipinski definition) is 4. The quantitative estimate of drug-likeness (QED) is 0.852. The van der Waals surface area contributed by atoms with Crippen LogP contribution in [0.2, 0.25) is 0 Å². The van der Waals surface area contributed by atoms with E-state index in [9.17, 15) is 9.59 Å². The van der Waals surface area contributed by atoms with Gasteiger partial charge in [0.1, 0.15) is 6.04 Å². The minimum absolute atomic E-state index is 0.287. The van der Waals surface area contributed by atoms with Gasteiger partial charge in [-0.2, -0.15) is 5.26 Å². The third kappa shape index (κ3) is 4.92. The molecule has 25 heavy (non-hydrogen) atoms. The van der Waals surface area contributed by atoms with Crippen molar-refractivity contribution in [1.29, 1.82) is 5.26 Å². The summed E-state index contributed by atoms with van der Waals surface area (Å²) in [5, 5.41) is 11.6. The fourth-order valence-corrected chi connectivity index (χ4v) is 2.63. The van der Waals surface area contributed by atoms with E-state index in [1.807, 2.05) is 26.0 Å². The van der Waals surface area contributed by atoms with Gasteiger partial charge >= 0.3 is 5.97 Å². The Kier molecular flexibility index (Phi) is 5.91. The standard InChI is InChI=1S/C20H20N2O3/c1-13-8-14(2)10-17(9-13)19(23)22-18(20(24)25-3)11-15-4-6-16(12-21)7-5-15/h4-10,18H,11H2,1-3H3,(H,22,23)/t18-/m1/s1. The van der Waals surface area contributed by atoms with Crippen LogP contribution in [0, 0.1) is 25.2 Å². The lowest BCUT2D eigenvalue weighted by molar-refractivity contribution is -0.142. The zero-order chi connectivity index (χ0) is 18.4. The molecule has 0 unspecified atom stereocenters. The number of benzene rings is 2. The predicted molar refractivity (Wildman–Crippen MR) is 94.0 cm³/mol. The Morgan fingerprint density at radius 2 is 1.72 bits per heavy atom. The molecule has 128 valence electrons. The summed E-state index contributed by atoms with van der Waals surface area (Å²) in [4.78, 5) is 24.6. The summed E-state index contributed by atoms with van der Waals surface area (Å²) < 4.78 is 4.81. The van der Waals surface area contributed by atoms with Gasteiger partial charge in [-0.05, 0) is 43.7 Å². The number of hydrogen-bond donors (Lipinski definition) is 1. The Morgan fingerprint density at radius 1 is 1.12 bits per heavy atom. The van der Waals surface area contributed by atoms with Crippen LogP contribution in [0.3, 0.4) is 0 Å². The van der Waals surface area contributed by atoms with Crippen LogP contribution in [0.5, 0.6) is 0 Å². The SMILES string of the molecule is COC(=O)[C@@H](Cc1ccc(C#N)cc1)NC(=O)c1cc(C)cc(C)c1. The average molecular weight is 336 g/mol. The number of nitriles is 1. The Labute approximate surface area is 147 Å². The van der Waals surface area contributed by atoms with Crippen molar-refractivity contribution in [3.05, 3.63) is 70.3 Å². The normalized spacial score (nSPS) is 11.3. The molecular weight excluding hydrogens is 316 g/mol. The van der Waals surface area contributed by atoms with Crippen molar-refractivity contribution in [2.24, 2.45) is 0 Å². The lowest BCUT2D eigenvalue weighted by Crippen LogP contribution is -2.43. The summed E-state index contributed by atoms with van der Waals surface area (Å²) in [6.07, 6.45) is 0.287. The van der Waals surface area contributed by atoms with E-state index in [1.54, 1.807) is 36.4 Å². The van der Waals surface area contributed by atoms with Gasteiger partial charge in [0, 0.05) is 12.0 Å². The van der Waals surface area contributed by atoms with Crippen LogP contribution < -0.4 is 5.32 Å². The number of carbonyl (C=O) groups is 2. The number of nitrogens with one attached hydrogen (secondary N) is 1. The van der Waals surface area contributed by atoms with E-state index in [0.717, 1.165) is 16.7 Å². The molecule has 0 aliphatic heterocycles. The number of aryl methyl sites for hydroxylation is 2. The van der Waals surface area contributed by atoms with Crippen LogP contribution in [0.1, 0.15) is 32.6 Å². The van der Waals surface area contributed by atoms with Gasteiger partial charge < -0.3 is 10.1 Å². The van der Waals surface area contributed by atoms with Gasteiger partial charge in [0.15, 0.2) is 0 Å². The van der Waals surface area contributed by atoms with Crippen LogP contribution in [0.15, 0.2) is 42.5 Å². The second-order valence-electron chi connectivity index (χ2n) is 5.94. The number of amides is 1. The molecule has 0 aliphatic rings. The molecule has 1 N–H and O–H groups in total. The minimum Gasteiger partial charge on any atom is -0.467 e. The largest absolute Gasteiger partial charge is 0.467 e. The van der Waals surface area contributed by atoms with Crippen molar-refractivity contribution >= 4 is 11.9 Å². The molecule has 0 spiro atoms. The second kappa shape index (κ2) is 8.11. The van der Waals surface area contributed by atoms with E-state index in [-0.39, 0.29) is 12.3 Å². The van der Waals surface area contributed by atoms with E-state index in [1.165, 1.54) is 7.11 Å². The first kappa shape index (κ1) is 18.2. The number of methoxy groups -OCH3 is 1. The molecule has 2 rings (SSSR count). The van der Waals surface area contributed by atoms with Gasteiger partial charge in [0.2, 0.25) is 0 Å². The van der Waals surface area contributed by atoms with Crippen molar-refractivity contribution in [2.45, 2.75) is 26.3 Å². The first-order valence-corrected chi connectivity index (χ1v) is 7.89. The van der Waals surface area contributed by atoms with Crippen molar-refractivity contribution in [2.75, 3.05) is 7.11 Å². The minimum atomic E-state index is -0.800. The van der Waals surface area contributed by atoms with Gasteiger partial charge in [0.05, 0.1) is 18.7 Å². The number of nitrogens with zero attached hydrogens (tertiary/aromatic N) is 1. The highest BCUT2D eigenvalue weighted by molar-refractivity contribution is 5.97. The molecule has 0 saturated carbocycles. The zero-order valence-corrected chi connectivity index (χ0v) is 14.5. The van der Waals surface area contributed by atoms with Crippen LogP contribution in [-0.2, 0) is 16.0 Å². The first-order chi connectivity index (χ1) is 11.9. The molecule has 1 amide bonds. The fourth-order valence-electron chi connectivity index (χ4n) is 2.63. The average Bonchev–Trinajstić information content (AvgIpc) is 2.60. The molecule has 0 aromatic heterocycles. The lowest BCUT2D eigenvalue weighted by Gasteiger charge is -2.17. The number of esters is 1. The van der Waals surface area contributed by atoms with Crippen molar-refractivity contribution in [1.82, 2.24) is 5.32 Å². The van der Waals surface area contributed by atoms with E-state index in [4.69, 9.17) is 10.00 Å². The summed E-state index contributed by atoms with van der Waals surface area (Å²) in [6, 6.07) is 13.6. The maximum absolute atomic E-state index is 12.5. The molecule has 0 bridgehead atoms. The van der Waals surface area contributed by atoms with E-state index < -0.39 is 12.0 Å². The van der Waals surface area contributed by atoms with E-state index in [2.05, 4.69) is 5.32 Å². The van der Waals surface area contributed by atoms with Gasteiger partial charge in [-0.25, -0.2) is 4.79 Å². The Hall–Kier alpha value is -3.13. The third-order valence-electron chi connectivity index (χ3n) is 3.80. The number of carbonyl (C=O) groups excluding carboxylic acids is 2. The molecule has 2 aromatic rings. The number of rotatable bonds is 5. The van der Waals surface area contributed by atoms with Crippen LogP contribution in [-0.4, -0.2) is 25.0 Å². The van der Waals surface area contributed by atoms with Crippen molar-refractivity contribution < 1.29 is 14.3 Å². The molecule has 0 saturated heterocycles. The molecule has 5 heteroatoms. The van der Waals surface area contributed by atoms with E-state index in [0.29, 0.717) is 11.1 Å². The molecule has 1 atom stereocenters. The Bertz CT molecular complexity index is 800. The molecular formula is C20H20N2O3. The van der Waals surface area contributed by atoms with Gasteiger partial charge in [-0.15, -0.1) is 0 Å². The lowest BCUT2D eigenvalue weighted by atomic mass is 10.0. The molecule has 2 aromatic carbocycles. The summed E-state index contributed by atoms with van der Waals surface area (Å²) >= 11 is 0. The van der Waals surface area contributed by atoms with Gasteiger partial charge in [-0.3, -0.25) is 4.79 Å². The number of ether oxygens (including phenoxy) is 1. The highest BCUT2D eigenvalue weighted by atomic mass is 16.5. The molecule has 0 fully saturated rings. The molecule has 0 heterocycles. The topological polar surface area (TPSA) is 79.2 Å². The van der Waals surface area contributed by atoms with Crippen LogP contribution in [0.4, 0.5) is 0 Å². The summed E-state index contributed by atoms with van der Waals surface area (Å²) in [6.45, 7) is 3.83. The Balaban J connectivity index is 2.18. The molecule has 0 radical (unpaired) electrons. The molecule has 5 nitrogen and oxygen atoms in total. The summed E-state index contributed by atoms with van der Waals surface area (Å²) in [7, 11) is 1.29. The third-order valence-corrected chi connectivity index (χ3v) is 3.80. The maximum atomic E-state index is 12.5. The highest BCUT2D eigenvalue weighted by Gasteiger charge is 2.22. The smallest absolute Gasteiger partial charge is 0.328 e. The maximum Gasteiger partial charge on any atom is 0.328 e. The second-order valence-corrected chi connectivity index (χ2v) is 5.94. The van der Waals surface area contributed by atoms with Crippen LogP contribution >= 0.6 is 0 Å². The van der Waals surface area contributed by atoms with Crippen molar-refractivity contribution in [3.8, 4) is 6.07 Å². The predicted octanol–water partition coefficient (Wildman–Crippen LogP) is 2.69. The zero-order valence-electron chi connectivity index (χ0n) is 14.5. The van der Waals surface area contributed by atoms with Gasteiger partial charge in [-0.1, -0.05) is 29.3 Å². The summed E-state index contributed by atoms with van der Waals surface area (Å²) in [5.41, 5.74) is 3.83. The highest BCUT2D eigenvalue weighted by Crippen LogP contribution is 2.11. The van der Waals surface area contributed by atoms with Crippen LogP contribution in [0.25, 0.3) is 0 Å². The van der Waals surface area contributed by atoms with Crippen molar-refractivity contribution in [3.63, 3.8) is 0 Å². The summed E-state index contributed by atoms with van der Waals surface area (Å²) in [5.74, 6) is -0.835. The molecule has 0 aliphatic carbocycles. The monoisotopic (exact) mass is 336 g/mol. The Morgan fingerprint density at radius 3 is 2.24 bits per heavy atom. The van der Waals surface area contributed by atoms with E-state index >= 15 is 0 Å². The first-order valence-electron chi connectivity index (χ1n) is 7.89.